The lowest BCUT2D eigenvalue weighted by molar-refractivity contribution is -0.303. The molecule has 9 atom stereocenters. The second kappa shape index (κ2) is 57.0. The second-order valence-electron chi connectivity index (χ2n) is 24.2. The van der Waals surface area contributed by atoms with Crippen molar-refractivity contribution in [3.05, 3.63) is 24.3 Å². The number of hydrogen-bond donors (Lipinski definition) is 8. The van der Waals surface area contributed by atoms with E-state index in [1.54, 1.807) is 0 Å². The zero-order valence-electron chi connectivity index (χ0n) is 51.6. The summed E-state index contributed by atoms with van der Waals surface area (Å²) in [6.45, 7) is 3.50. The first-order valence-corrected chi connectivity index (χ1v) is 34.2. The van der Waals surface area contributed by atoms with Crippen molar-refractivity contribution in [3.63, 3.8) is 0 Å². The van der Waals surface area contributed by atoms with E-state index in [-0.39, 0.29) is 12.8 Å². The quantitative estimate of drug-likeness (QED) is 0.0215. The fraction of sp³-hybridized carbons (Fsp3) is 0.926. The van der Waals surface area contributed by atoms with E-state index in [1.807, 2.05) is 0 Å². The zero-order valence-corrected chi connectivity index (χ0v) is 51.6. The Morgan fingerprint density at radius 3 is 1.09 bits per heavy atom. The topological polar surface area (TPSA) is 189 Å². The van der Waals surface area contributed by atoms with Gasteiger partial charge >= 0.3 is 0 Å². The van der Waals surface area contributed by atoms with Gasteiger partial charge in [0.05, 0.1) is 25.4 Å². The lowest BCUT2D eigenvalue weighted by atomic mass is 9.98. The Morgan fingerprint density at radius 1 is 0.430 bits per heavy atom. The molecule has 1 fully saturated rings. The van der Waals surface area contributed by atoms with Crippen molar-refractivity contribution < 1.29 is 50.0 Å². The van der Waals surface area contributed by atoms with Crippen molar-refractivity contribution >= 4 is 5.91 Å². The number of carbonyl (C=O) groups is 1. The van der Waals surface area contributed by atoms with Crippen LogP contribution in [0.3, 0.4) is 0 Å². The number of unbranched alkanes of at least 4 members (excludes halogenated alkanes) is 44. The number of ether oxygens (including phenoxy) is 2. The molecule has 1 amide bonds. The molecule has 1 aliphatic rings. The molecule has 9 unspecified atom stereocenters. The highest BCUT2D eigenvalue weighted by molar-refractivity contribution is 5.80. The highest BCUT2D eigenvalue weighted by atomic mass is 16.7. The number of carbonyl (C=O) groups excluding carboxylic acids is 1. The molecule has 1 heterocycles. The maximum absolute atomic E-state index is 13.2. The van der Waals surface area contributed by atoms with E-state index in [9.17, 15) is 40.5 Å². The third-order valence-electron chi connectivity index (χ3n) is 16.7. The molecule has 1 aliphatic heterocycles. The molecule has 1 saturated heterocycles. The van der Waals surface area contributed by atoms with Gasteiger partial charge in [0.15, 0.2) is 6.29 Å². The van der Waals surface area contributed by atoms with E-state index >= 15 is 0 Å². The lowest BCUT2D eigenvalue weighted by Crippen LogP contribution is -2.60. The van der Waals surface area contributed by atoms with Gasteiger partial charge in [0.2, 0.25) is 5.91 Å². The van der Waals surface area contributed by atoms with Crippen LogP contribution in [0.2, 0.25) is 0 Å². The summed E-state index contributed by atoms with van der Waals surface area (Å²) in [5.41, 5.74) is 0. The van der Waals surface area contributed by atoms with Crippen LogP contribution in [-0.2, 0) is 14.3 Å². The fourth-order valence-corrected chi connectivity index (χ4v) is 11.2. The number of aliphatic hydroxyl groups is 7. The Morgan fingerprint density at radius 2 is 0.747 bits per heavy atom. The van der Waals surface area contributed by atoms with Gasteiger partial charge < -0.3 is 50.5 Å². The Kier molecular flexibility index (Phi) is 54.6. The maximum Gasteiger partial charge on any atom is 0.249 e. The minimum Gasteiger partial charge on any atom is -0.394 e. The third-order valence-corrected chi connectivity index (χ3v) is 16.7. The molecule has 468 valence electrons. The van der Waals surface area contributed by atoms with Gasteiger partial charge in [-0.25, -0.2) is 0 Å². The molecule has 0 bridgehead atoms. The number of rotatable bonds is 60. The Bertz CT molecular complexity index is 1330. The van der Waals surface area contributed by atoms with E-state index in [2.05, 4.69) is 43.5 Å². The van der Waals surface area contributed by atoms with Crippen LogP contribution in [0.1, 0.15) is 335 Å². The van der Waals surface area contributed by atoms with Crippen molar-refractivity contribution in [1.29, 1.82) is 0 Å². The molecule has 0 radical (unpaired) electrons. The van der Waals surface area contributed by atoms with Gasteiger partial charge in [-0.05, 0) is 64.2 Å². The fourth-order valence-electron chi connectivity index (χ4n) is 11.2. The molecule has 0 aliphatic carbocycles. The molecular formula is C68H131NO10. The molecule has 1 rings (SSSR count). The van der Waals surface area contributed by atoms with E-state index in [0.29, 0.717) is 12.8 Å². The van der Waals surface area contributed by atoms with Gasteiger partial charge in [0.25, 0.3) is 0 Å². The summed E-state index contributed by atoms with van der Waals surface area (Å²) in [4.78, 5) is 13.2. The smallest absolute Gasteiger partial charge is 0.249 e. The SMILES string of the molecule is CCCCCCCCCCCCCC/C=C\CCCCCCCCCCCCCCCCC(O)C(=O)NC(COC1OC(CO)C(O)C(O)C1O)C(O)C(O)CCC/C=C/CCCCCCCCCCCCCCCCCCC. The van der Waals surface area contributed by atoms with E-state index < -0.39 is 74.2 Å². The van der Waals surface area contributed by atoms with Gasteiger partial charge in [-0.2, -0.15) is 0 Å². The molecule has 11 heteroatoms. The Labute approximate surface area is 486 Å². The van der Waals surface area contributed by atoms with Gasteiger partial charge in [-0.3, -0.25) is 4.79 Å². The van der Waals surface area contributed by atoms with Crippen LogP contribution in [-0.4, -0.2) is 110 Å². The molecule has 0 spiro atoms. The first-order chi connectivity index (χ1) is 38.7. The lowest BCUT2D eigenvalue weighted by Gasteiger charge is -2.40. The standard InChI is InChI=1S/C68H131NO10/c1-3-5-7-9-11-13-15-17-19-21-23-25-27-28-29-30-31-32-33-34-36-38-40-42-44-46-48-50-52-54-56-61(72)67(77)69-59(58-78-68-66(76)65(75)64(74)62(57-70)79-68)63(73)60(71)55-53-51-49-47-45-43-41-39-37-35-26-24-22-20-18-16-14-12-10-8-6-4-2/h28-29,47,49,59-66,68,70-76H,3-27,30-46,48,50-58H2,1-2H3,(H,69,77)/b29-28-,49-47+. The number of allylic oxidation sites excluding steroid dienone is 4. The first-order valence-electron chi connectivity index (χ1n) is 34.2. The van der Waals surface area contributed by atoms with Gasteiger partial charge in [0.1, 0.15) is 36.6 Å². The summed E-state index contributed by atoms with van der Waals surface area (Å²) in [6.07, 6.45) is 59.7. The summed E-state index contributed by atoms with van der Waals surface area (Å²) < 4.78 is 11.2. The van der Waals surface area contributed by atoms with Crippen LogP contribution in [0.5, 0.6) is 0 Å². The van der Waals surface area contributed by atoms with Gasteiger partial charge in [0, 0.05) is 0 Å². The maximum atomic E-state index is 13.2. The highest BCUT2D eigenvalue weighted by Gasteiger charge is 2.44. The van der Waals surface area contributed by atoms with E-state index in [4.69, 9.17) is 9.47 Å². The average Bonchev–Trinajstić information content (AvgIpc) is 3.46. The summed E-state index contributed by atoms with van der Waals surface area (Å²) in [5.74, 6) is -0.700. The van der Waals surface area contributed by atoms with Crippen LogP contribution in [0.15, 0.2) is 24.3 Å². The minimum atomic E-state index is -1.67. The number of nitrogens with one attached hydrogen (secondary N) is 1. The molecule has 0 aromatic heterocycles. The van der Waals surface area contributed by atoms with Crippen LogP contribution in [0.25, 0.3) is 0 Å². The Balaban J connectivity index is 2.22. The first kappa shape index (κ1) is 75.6. The Hall–Kier alpha value is -1.41. The van der Waals surface area contributed by atoms with E-state index in [0.717, 1.165) is 38.5 Å². The number of aliphatic hydroxyl groups excluding tert-OH is 7. The molecule has 0 aromatic carbocycles. The number of hydrogen-bond acceptors (Lipinski definition) is 10. The van der Waals surface area contributed by atoms with Crippen LogP contribution in [0.4, 0.5) is 0 Å². The van der Waals surface area contributed by atoms with Crippen molar-refractivity contribution in [2.75, 3.05) is 13.2 Å². The van der Waals surface area contributed by atoms with Crippen molar-refractivity contribution in [3.8, 4) is 0 Å². The van der Waals surface area contributed by atoms with Crippen LogP contribution >= 0.6 is 0 Å². The van der Waals surface area contributed by atoms with Gasteiger partial charge in [-0.1, -0.05) is 295 Å². The van der Waals surface area contributed by atoms with Crippen LogP contribution in [0, 0.1) is 0 Å². The summed E-state index contributed by atoms with van der Waals surface area (Å²) >= 11 is 0. The molecular weight excluding hydrogens is 991 g/mol. The van der Waals surface area contributed by atoms with Crippen molar-refractivity contribution in [1.82, 2.24) is 5.32 Å². The molecule has 11 nitrogen and oxygen atoms in total. The normalized spacial score (nSPS) is 19.4. The molecule has 79 heavy (non-hydrogen) atoms. The zero-order chi connectivity index (χ0) is 57.5. The minimum absolute atomic E-state index is 0.257. The number of amides is 1. The molecule has 0 saturated carbocycles. The summed E-state index contributed by atoms with van der Waals surface area (Å²) in [6, 6.07) is -1.18. The summed E-state index contributed by atoms with van der Waals surface area (Å²) in [5, 5.41) is 76.4. The second-order valence-corrected chi connectivity index (χ2v) is 24.2. The largest absolute Gasteiger partial charge is 0.394 e. The highest BCUT2D eigenvalue weighted by Crippen LogP contribution is 2.24. The monoisotopic (exact) mass is 1120 g/mol. The molecule has 8 N–H and O–H groups in total. The van der Waals surface area contributed by atoms with Crippen LogP contribution < -0.4 is 5.32 Å². The van der Waals surface area contributed by atoms with Crippen molar-refractivity contribution in [2.45, 2.75) is 390 Å². The predicted molar refractivity (Wildman–Crippen MR) is 330 cm³/mol. The average molecular weight is 1120 g/mol. The molecule has 0 aromatic rings. The van der Waals surface area contributed by atoms with Gasteiger partial charge in [-0.15, -0.1) is 0 Å². The predicted octanol–water partition coefficient (Wildman–Crippen LogP) is 16.0. The third kappa shape index (κ3) is 44.7. The summed E-state index contributed by atoms with van der Waals surface area (Å²) in [7, 11) is 0. The van der Waals surface area contributed by atoms with Crippen molar-refractivity contribution in [2.24, 2.45) is 0 Å². The van der Waals surface area contributed by atoms with E-state index in [1.165, 1.54) is 257 Å².